The van der Waals surface area contributed by atoms with Crippen molar-refractivity contribution >= 4 is 198 Å². The highest BCUT2D eigenvalue weighted by Crippen LogP contribution is 2.57. The minimum atomic E-state index is -1.28. The van der Waals surface area contributed by atoms with E-state index in [0.717, 1.165) is 0 Å². The molecule has 0 bridgehead atoms. The Labute approximate surface area is 281 Å². The summed E-state index contributed by atoms with van der Waals surface area (Å²) >= 11 is 25.1. The molecule has 6 aromatic heterocycles. The summed E-state index contributed by atoms with van der Waals surface area (Å²) < 4.78 is 17.1. The van der Waals surface area contributed by atoms with Crippen LogP contribution in [0.25, 0.3) is 47.7 Å². The van der Waals surface area contributed by atoms with Gasteiger partial charge in [0, 0.05) is 9.40 Å². The number of hydrogen-bond donors (Lipinski definition) is 0. The van der Waals surface area contributed by atoms with E-state index in [1.165, 1.54) is 63.8 Å². The van der Waals surface area contributed by atoms with E-state index < -0.39 is 16.1 Å². The average molecular weight is 971 g/mol. The first-order chi connectivity index (χ1) is 16.8. The summed E-state index contributed by atoms with van der Waals surface area (Å²) in [4.78, 5) is 5.57. The molecule has 6 heterocycles. The zero-order chi connectivity index (χ0) is 25.9. The Balaban J connectivity index is 1.45. The molecule has 0 atom stereocenters. The topological polar surface area (TPSA) is 0 Å². The van der Waals surface area contributed by atoms with Crippen LogP contribution in [-0.4, -0.2) is 16.1 Å². The average Bonchev–Trinajstić information content (AvgIpc) is 3.57. The smallest absolute Gasteiger partial charge is 0.0904 e. The molecule has 12 heteroatoms. The molecule has 0 N–H and O–H groups in total. The van der Waals surface area contributed by atoms with Gasteiger partial charge in [0.25, 0.3) is 0 Å². The Morgan fingerprint density at radius 2 is 0.889 bits per heavy atom. The maximum atomic E-state index is 4.03. The number of halogens is 4. The normalized spacial score (nSPS) is 13.3. The van der Waals surface area contributed by atoms with Gasteiger partial charge in [-0.1, -0.05) is 39.3 Å². The quantitative estimate of drug-likeness (QED) is 0.122. The van der Waals surface area contributed by atoms with Crippen LogP contribution in [0, 0.1) is 7.14 Å². The van der Waals surface area contributed by atoms with Crippen LogP contribution >= 0.6 is 145 Å². The predicted molar refractivity (Wildman–Crippen MR) is 204 cm³/mol. The van der Waals surface area contributed by atoms with Gasteiger partial charge in [0.1, 0.15) is 0 Å². The molecule has 6 aromatic rings. The molecule has 0 amide bonds. The Morgan fingerprint density at radius 1 is 0.528 bits per heavy atom. The van der Waals surface area contributed by atoms with Gasteiger partial charge < -0.3 is 0 Å². The zero-order valence-corrected chi connectivity index (χ0v) is 34.5. The molecule has 0 saturated carbocycles. The van der Waals surface area contributed by atoms with E-state index in [-0.39, 0.29) is 0 Å². The van der Waals surface area contributed by atoms with Gasteiger partial charge in [-0.05, 0) is 98.2 Å². The summed E-state index contributed by atoms with van der Waals surface area (Å²) in [6.07, 6.45) is 0. The second kappa shape index (κ2) is 9.70. The van der Waals surface area contributed by atoms with Crippen LogP contribution in [0.5, 0.6) is 0 Å². The molecule has 0 nitrogen and oxygen atoms in total. The molecule has 0 unspecified atom stereocenters. The van der Waals surface area contributed by atoms with Crippen molar-refractivity contribution in [3.8, 4) is 19.5 Å². The van der Waals surface area contributed by atoms with Crippen molar-refractivity contribution in [3.05, 3.63) is 28.2 Å². The number of fused-ring (bicyclic) bond motifs is 3. The summed E-state index contributed by atoms with van der Waals surface area (Å²) in [6, 6.07) is 4.94. The van der Waals surface area contributed by atoms with E-state index in [1.54, 1.807) is 9.00 Å². The summed E-state index contributed by atoms with van der Waals surface area (Å²) in [6.45, 7) is 14.7. The molecule has 188 valence electrons. The fraction of sp³-hybridized carbons (Fsp3) is 0.250. The van der Waals surface area contributed by atoms with Gasteiger partial charge in [-0.15, -0.1) is 68.0 Å². The van der Waals surface area contributed by atoms with Crippen molar-refractivity contribution in [1.29, 1.82) is 0 Å². The highest BCUT2D eigenvalue weighted by molar-refractivity contribution is 14.1. The lowest BCUT2D eigenvalue weighted by Crippen LogP contribution is -2.34. The third-order valence-electron chi connectivity index (χ3n) is 5.92. The Morgan fingerprint density at radius 3 is 1.19 bits per heavy atom. The van der Waals surface area contributed by atoms with Gasteiger partial charge in [-0.25, -0.2) is 0 Å². The first-order valence-electron chi connectivity index (χ1n) is 11.1. The van der Waals surface area contributed by atoms with Crippen molar-refractivity contribution in [1.82, 2.24) is 0 Å². The molecule has 0 saturated heterocycles. The summed E-state index contributed by atoms with van der Waals surface area (Å²) in [5, 5.41) is 0. The maximum Gasteiger partial charge on any atom is 0.0904 e. The van der Waals surface area contributed by atoms with E-state index in [2.05, 4.69) is 128 Å². The highest BCUT2D eigenvalue weighted by atomic mass is 127. The van der Waals surface area contributed by atoms with Gasteiger partial charge in [0.05, 0.1) is 70.5 Å². The first-order valence-corrected chi connectivity index (χ1v) is 26.8. The van der Waals surface area contributed by atoms with E-state index in [4.69, 9.17) is 0 Å². The van der Waals surface area contributed by atoms with Gasteiger partial charge in [-0.3, -0.25) is 0 Å². The molecule has 0 spiro atoms. The summed E-state index contributed by atoms with van der Waals surface area (Å²) in [5.41, 5.74) is 0. The van der Waals surface area contributed by atoms with Gasteiger partial charge in [0.2, 0.25) is 0 Å². The maximum absolute atomic E-state index is 4.03. The minimum Gasteiger partial charge on any atom is -0.143 e. The third kappa shape index (κ3) is 4.54. The second-order valence-corrected chi connectivity index (χ2v) is 31.5. The fourth-order valence-corrected chi connectivity index (χ4v) is 20.9. The molecule has 0 radical (unpaired) electrons. The fourth-order valence-electron chi connectivity index (χ4n) is 3.93. The van der Waals surface area contributed by atoms with Gasteiger partial charge in [-0.2, -0.15) is 0 Å². The molecule has 0 aromatic carbocycles. The molecule has 36 heavy (non-hydrogen) atoms. The standard InChI is InChI=1S/C24H20Br2I2S6Si2/c1-35(2,3)11-7-9-17(31-11)15(27)23(29-9)21-13(25)19-20(33-21)14(26)22(34-19)24-16(28)18-10(30-24)8-12(32-18)36(4,5)6/h7-8H,1-6H3. The van der Waals surface area contributed by atoms with Crippen LogP contribution in [-0.2, 0) is 0 Å². The van der Waals surface area contributed by atoms with Crippen LogP contribution in [0.1, 0.15) is 0 Å². The number of rotatable bonds is 4. The van der Waals surface area contributed by atoms with Crippen LogP contribution in [0.4, 0.5) is 0 Å². The third-order valence-corrected chi connectivity index (χ3v) is 27.0. The van der Waals surface area contributed by atoms with Crippen molar-refractivity contribution in [2.45, 2.75) is 39.3 Å². The lowest BCUT2D eigenvalue weighted by Gasteiger charge is -2.12. The highest BCUT2D eigenvalue weighted by Gasteiger charge is 2.28. The SMILES string of the molecule is C[Si](C)(C)c1cc2sc(-c3sc4c(Br)c(-c5sc6cc([Si](C)(C)C)sc6c5I)sc4c3Br)c(I)c2s1. The molecule has 0 aliphatic carbocycles. The Kier molecular flexibility index (Phi) is 7.54. The van der Waals surface area contributed by atoms with Crippen molar-refractivity contribution in [2.24, 2.45) is 0 Å². The van der Waals surface area contributed by atoms with E-state index in [9.17, 15) is 0 Å². The lowest BCUT2D eigenvalue weighted by molar-refractivity contribution is 1.79. The molecular formula is C24H20Br2I2S6Si2. The lowest BCUT2D eigenvalue weighted by atomic mass is 10.3. The van der Waals surface area contributed by atoms with Crippen LogP contribution in [0.15, 0.2) is 21.1 Å². The molecule has 0 fully saturated rings. The second-order valence-electron chi connectivity index (χ2n) is 10.7. The van der Waals surface area contributed by atoms with Crippen LogP contribution < -0.4 is 9.00 Å². The summed E-state index contributed by atoms with van der Waals surface area (Å²) in [7, 11) is -2.57. The minimum absolute atomic E-state index is 1.26. The van der Waals surface area contributed by atoms with E-state index in [0.29, 0.717) is 0 Å². The monoisotopic (exact) mass is 968 g/mol. The zero-order valence-electron chi connectivity index (χ0n) is 20.1. The van der Waals surface area contributed by atoms with Gasteiger partial charge >= 0.3 is 0 Å². The molecular weight excluding hydrogens is 950 g/mol. The predicted octanol–water partition coefficient (Wildman–Crippen LogP) is 12.7. The first kappa shape index (κ1) is 28.0. The van der Waals surface area contributed by atoms with Gasteiger partial charge in [0.15, 0.2) is 0 Å². The van der Waals surface area contributed by atoms with E-state index >= 15 is 0 Å². The number of thiophene rings is 6. The van der Waals surface area contributed by atoms with Crippen LogP contribution in [0.3, 0.4) is 0 Å². The Hall–Kier alpha value is 1.83. The molecule has 0 aliphatic rings. The van der Waals surface area contributed by atoms with Crippen LogP contribution in [0.2, 0.25) is 39.3 Å². The van der Waals surface area contributed by atoms with E-state index in [1.807, 2.05) is 68.0 Å². The van der Waals surface area contributed by atoms with Crippen molar-refractivity contribution < 1.29 is 0 Å². The Bertz CT molecular complexity index is 1680. The molecule has 0 aliphatic heterocycles. The van der Waals surface area contributed by atoms with Crippen molar-refractivity contribution in [2.75, 3.05) is 0 Å². The largest absolute Gasteiger partial charge is 0.143 e. The molecule has 6 rings (SSSR count). The number of hydrogen-bond acceptors (Lipinski definition) is 6. The summed E-state index contributed by atoms with van der Waals surface area (Å²) in [5.74, 6) is 0. The van der Waals surface area contributed by atoms with Crippen molar-refractivity contribution in [3.63, 3.8) is 0 Å².